The third-order valence-electron chi connectivity index (χ3n) is 4.40. The van der Waals surface area contributed by atoms with Gasteiger partial charge in [-0.15, -0.1) is 0 Å². The van der Waals surface area contributed by atoms with E-state index in [-0.39, 0.29) is 23.9 Å². The molecule has 0 aromatic rings. The molecule has 0 radical (unpaired) electrons. The Kier molecular flexibility index (Phi) is 5.85. The predicted octanol–water partition coefficient (Wildman–Crippen LogP) is 0.824. The first-order valence-corrected chi connectivity index (χ1v) is 9.16. The van der Waals surface area contributed by atoms with Gasteiger partial charge in [0.25, 0.3) is 5.91 Å². The predicted molar refractivity (Wildman–Crippen MR) is 95.3 cm³/mol. The minimum atomic E-state index is -1.44. The van der Waals surface area contributed by atoms with E-state index in [1.165, 1.54) is 0 Å². The number of hydrogen-bond acceptors (Lipinski definition) is 5. The summed E-state index contributed by atoms with van der Waals surface area (Å²) in [4.78, 5) is 36.6. The molecule has 2 rings (SSSR count). The van der Waals surface area contributed by atoms with E-state index in [9.17, 15) is 19.5 Å². The second-order valence-corrected chi connectivity index (χ2v) is 8.99. The zero-order valence-electron chi connectivity index (χ0n) is 16.2. The summed E-state index contributed by atoms with van der Waals surface area (Å²) in [5.41, 5.74) is -1.05. The van der Waals surface area contributed by atoms with Crippen LogP contribution in [0.15, 0.2) is 0 Å². The molecule has 0 aromatic heterocycles. The highest BCUT2D eigenvalue weighted by atomic mass is 16.6. The van der Waals surface area contributed by atoms with Gasteiger partial charge in [0.2, 0.25) is 5.91 Å². The second-order valence-electron chi connectivity index (χ2n) is 8.99. The zero-order valence-corrected chi connectivity index (χ0v) is 16.2. The topological polar surface area (TPSA) is 117 Å². The molecule has 4 N–H and O–H groups in total. The molecule has 1 aliphatic carbocycles. The summed E-state index contributed by atoms with van der Waals surface area (Å²) in [5.74, 6) is -1.07. The fourth-order valence-electron chi connectivity index (χ4n) is 3.11. The summed E-state index contributed by atoms with van der Waals surface area (Å²) in [6.45, 7) is 9.01. The zero-order chi connectivity index (χ0) is 19.7. The molecule has 1 heterocycles. The lowest BCUT2D eigenvalue weighted by atomic mass is 9.89. The fourth-order valence-corrected chi connectivity index (χ4v) is 3.11. The van der Waals surface area contributed by atoms with Gasteiger partial charge in [0.1, 0.15) is 5.60 Å². The van der Waals surface area contributed by atoms with E-state index >= 15 is 0 Å². The van der Waals surface area contributed by atoms with Gasteiger partial charge in [0.05, 0.1) is 6.04 Å². The van der Waals surface area contributed by atoms with Gasteiger partial charge in [-0.05, 0) is 60.3 Å². The first-order chi connectivity index (χ1) is 11.9. The lowest BCUT2D eigenvalue weighted by Crippen LogP contribution is -2.52. The van der Waals surface area contributed by atoms with E-state index in [1.807, 2.05) is 13.8 Å². The summed E-state index contributed by atoms with van der Waals surface area (Å²) in [5, 5.41) is 18.6. The van der Waals surface area contributed by atoms with Crippen LogP contribution < -0.4 is 16.0 Å². The van der Waals surface area contributed by atoms with Crippen LogP contribution in [-0.2, 0) is 14.3 Å². The monoisotopic (exact) mass is 369 g/mol. The molecule has 1 aliphatic heterocycles. The molecule has 1 saturated carbocycles. The van der Waals surface area contributed by atoms with Crippen LogP contribution in [0.2, 0.25) is 0 Å². The molecule has 2 fully saturated rings. The summed E-state index contributed by atoms with van der Waals surface area (Å²) < 4.78 is 5.23. The number of alkyl carbamates (subject to hydrolysis) is 1. The Morgan fingerprint density at radius 2 is 1.96 bits per heavy atom. The van der Waals surface area contributed by atoms with Crippen LogP contribution in [0.3, 0.4) is 0 Å². The van der Waals surface area contributed by atoms with E-state index in [0.717, 1.165) is 12.8 Å². The highest BCUT2D eigenvalue weighted by molar-refractivity contribution is 5.84. The number of nitrogens with one attached hydrogen (secondary N) is 3. The molecule has 148 valence electrons. The number of ether oxygens (including phenoxy) is 1. The minimum Gasteiger partial charge on any atom is -0.444 e. The average Bonchev–Trinajstić information content (AvgIpc) is 3.21. The molecule has 2 aliphatic rings. The number of aliphatic hydroxyl groups excluding tert-OH is 1. The van der Waals surface area contributed by atoms with Crippen molar-refractivity contribution in [2.24, 2.45) is 5.92 Å². The smallest absolute Gasteiger partial charge is 0.407 e. The number of carbonyl (C=O) groups excluding carboxylic acids is 3. The Balaban J connectivity index is 2.05. The first-order valence-electron chi connectivity index (χ1n) is 9.16. The van der Waals surface area contributed by atoms with Crippen molar-refractivity contribution in [2.75, 3.05) is 0 Å². The Morgan fingerprint density at radius 3 is 2.42 bits per heavy atom. The lowest BCUT2D eigenvalue weighted by Gasteiger charge is -2.27. The quantitative estimate of drug-likeness (QED) is 0.553. The van der Waals surface area contributed by atoms with Crippen LogP contribution in [-0.4, -0.2) is 52.3 Å². The molecule has 3 amide bonds. The van der Waals surface area contributed by atoms with Crippen molar-refractivity contribution in [3.8, 4) is 0 Å². The minimum absolute atomic E-state index is 0.0908. The van der Waals surface area contributed by atoms with Crippen LogP contribution in [0.5, 0.6) is 0 Å². The van der Waals surface area contributed by atoms with Gasteiger partial charge >= 0.3 is 6.09 Å². The maximum atomic E-state index is 12.2. The van der Waals surface area contributed by atoms with Gasteiger partial charge in [-0.25, -0.2) is 4.79 Å². The average molecular weight is 369 g/mol. The molecule has 3 atom stereocenters. The van der Waals surface area contributed by atoms with Crippen LogP contribution in [0.4, 0.5) is 4.79 Å². The van der Waals surface area contributed by atoms with Crippen molar-refractivity contribution >= 4 is 17.9 Å². The van der Waals surface area contributed by atoms with Crippen molar-refractivity contribution in [3.63, 3.8) is 0 Å². The molecule has 1 unspecified atom stereocenters. The number of carbonyl (C=O) groups is 3. The van der Waals surface area contributed by atoms with Crippen LogP contribution in [0.1, 0.15) is 60.3 Å². The Morgan fingerprint density at radius 1 is 1.35 bits per heavy atom. The van der Waals surface area contributed by atoms with E-state index in [2.05, 4.69) is 16.0 Å². The normalized spacial score (nSPS) is 24.4. The van der Waals surface area contributed by atoms with Crippen molar-refractivity contribution in [1.82, 2.24) is 16.0 Å². The summed E-state index contributed by atoms with van der Waals surface area (Å²) in [6.07, 6.45) is 0.338. The molecule has 8 nitrogen and oxygen atoms in total. The Hall–Kier alpha value is -1.83. The highest BCUT2D eigenvalue weighted by Crippen LogP contribution is 2.29. The van der Waals surface area contributed by atoms with Crippen molar-refractivity contribution in [2.45, 2.75) is 89.6 Å². The standard InChI is InChI=1S/C18H31N3O5/c1-17(2,3)26-16(25)20-12(13(22)15(24)19-11-6-7-11)8-10-9-18(4,5)21-14(10)23/h10-13,22H,6-9H2,1-5H3,(H,19,24)(H,20,25)(H,21,23)/t10-,12+,13?/m1/s1. The molecule has 0 aromatic carbocycles. The Bertz CT molecular complexity index is 566. The number of rotatable bonds is 6. The fraction of sp³-hybridized carbons (Fsp3) is 0.833. The van der Waals surface area contributed by atoms with Gasteiger partial charge in [0.15, 0.2) is 6.10 Å². The van der Waals surface area contributed by atoms with Crippen LogP contribution >= 0.6 is 0 Å². The molecular weight excluding hydrogens is 338 g/mol. The van der Waals surface area contributed by atoms with E-state index < -0.39 is 35.7 Å². The number of hydrogen-bond donors (Lipinski definition) is 4. The Labute approximate surface area is 154 Å². The van der Waals surface area contributed by atoms with Crippen molar-refractivity contribution in [3.05, 3.63) is 0 Å². The first kappa shape index (κ1) is 20.5. The maximum Gasteiger partial charge on any atom is 0.407 e. The summed E-state index contributed by atoms with van der Waals surface area (Å²) in [7, 11) is 0. The number of aliphatic hydroxyl groups is 1. The van der Waals surface area contributed by atoms with E-state index in [1.54, 1.807) is 20.8 Å². The largest absolute Gasteiger partial charge is 0.444 e. The molecule has 0 bridgehead atoms. The highest BCUT2D eigenvalue weighted by Gasteiger charge is 2.41. The third kappa shape index (κ3) is 6.16. The molecule has 1 saturated heterocycles. The molecule has 0 spiro atoms. The van der Waals surface area contributed by atoms with Crippen LogP contribution in [0, 0.1) is 5.92 Å². The second kappa shape index (κ2) is 7.42. The van der Waals surface area contributed by atoms with Gasteiger partial charge in [0, 0.05) is 17.5 Å². The third-order valence-corrected chi connectivity index (χ3v) is 4.40. The van der Waals surface area contributed by atoms with E-state index in [4.69, 9.17) is 4.74 Å². The SMILES string of the molecule is CC1(C)C[C@@H](C[C@H](NC(=O)OC(C)(C)C)C(O)C(=O)NC2CC2)C(=O)N1. The van der Waals surface area contributed by atoms with Crippen LogP contribution in [0.25, 0.3) is 0 Å². The van der Waals surface area contributed by atoms with Crippen molar-refractivity contribution < 1.29 is 24.2 Å². The van der Waals surface area contributed by atoms with Crippen molar-refractivity contribution in [1.29, 1.82) is 0 Å². The molecular formula is C18H31N3O5. The maximum absolute atomic E-state index is 12.2. The van der Waals surface area contributed by atoms with Gasteiger partial charge in [-0.2, -0.15) is 0 Å². The number of amides is 3. The van der Waals surface area contributed by atoms with Gasteiger partial charge in [-0.1, -0.05) is 0 Å². The summed E-state index contributed by atoms with van der Waals surface area (Å²) in [6, 6.07) is -0.818. The van der Waals surface area contributed by atoms with Gasteiger partial charge < -0.3 is 25.8 Å². The lowest BCUT2D eigenvalue weighted by molar-refractivity contribution is -0.132. The molecule has 26 heavy (non-hydrogen) atoms. The van der Waals surface area contributed by atoms with Gasteiger partial charge in [-0.3, -0.25) is 9.59 Å². The molecule has 8 heteroatoms. The summed E-state index contributed by atoms with van der Waals surface area (Å²) >= 11 is 0. The van der Waals surface area contributed by atoms with E-state index in [0.29, 0.717) is 6.42 Å².